The predicted molar refractivity (Wildman–Crippen MR) is 204 cm³/mol. The van der Waals surface area contributed by atoms with Crippen molar-refractivity contribution in [2.75, 3.05) is 32.6 Å². The SMILES string of the molecule is COc1cc(NC(=O)CCN(C)C2CCC(OC(=O)C(O)(c3cccs3)c3cccs3)CC2)c(F)cc1CNC[C@H](O)C1CCC(O)C2NC(=O)CCC21. The van der Waals surface area contributed by atoms with Gasteiger partial charge in [0.2, 0.25) is 17.4 Å². The number of carbonyl (C=O) groups excluding carboxylic acids is 3. The molecule has 6 rings (SSSR count). The number of ether oxygens (including phenoxy) is 2. The standard InChI is InChI=1S/C39H51FN4O8S2/c1-44(24-7-9-25(10-8-24)52-38(49)39(50,33-5-3-17-53-33)34-6-4-18-54-34)16-15-36(48)42-29-20-32(51-2)23(19-28(29)40)21-41-22-31(46)26-11-13-30(45)37-27(26)12-14-35(47)43-37/h3-6,17-20,24-27,30-31,37,41,45-46,50H,7-16,21-22H2,1-2H3,(H,42,48)(H,43,47)/t24?,25?,26?,27?,30?,31-,37?/m0/s1. The van der Waals surface area contributed by atoms with E-state index in [9.17, 15) is 29.7 Å². The zero-order chi connectivity index (χ0) is 38.4. The molecule has 3 heterocycles. The molecule has 2 amide bonds. The van der Waals surface area contributed by atoms with Crippen molar-refractivity contribution in [1.29, 1.82) is 0 Å². The van der Waals surface area contributed by atoms with E-state index in [-0.39, 0.29) is 67.0 Å². The van der Waals surface area contributed by atoms with Crippen molar-refractivity contribution in [2.45, 2.75) is 100 Å². The van der Waals surface area contributed by atoms with Gasteiger partial charge in [0.1, 0.15) is 17.7 Å². The van der Waals surface area contributed by atoms with Crippen molar-refractivity contribution in [3.05, 3.63) is 68.3 Å². The second kappa shape index (κ2) is 18.0. The normalized spacial score (nSPS) is 25.1. The number of benzene rings is 1. The number of halogens is 1. The Balaban J connectivity index is 0.940. The van der Waals surface area contributed by atoms with E-state index >= 15 is 4.39 Å². The Hall–Kier alpha value is -3.44. The molecule has 3 fully saturated rings. The molecule has 12 nitrogen and oxygen atoms in total. The summed E-state index contributed by atoms with van der Waals surface area (Å²) in [4.78, 5) is 41.3. The van der Waals surface area contributed by atoms with Crippen LogP contribution in [0.15, 0.2) is 47.2 Å². The average Bonchev–Trinajstić information content (AvgIpc) is 3.92. The van der Waals surface area contributed by atoms with Crippen molar-refractivity contribution in [3.8, 4) is 5.75 Å². The summed E-state index contributed by atoms with van der Waals surface area (Å²) in [6.45, 7) is 0.923. The number of aliphatic hydroxyl groups excluding tert-OH is 2. The molecule has 54 heavy (non-hydrogen) atoms. The van der Waals surface area contributed by atoms with Gasteiger partial charge in [0.05, 0.1) is 40.8 Å². The van der Waals surface area contributed by atoms with Crippen LogP contribution in [0.5, 0.6) is 5.75 Å². The fourth-order valence-electron chi connectivity index (χ4n) is 8.27. The van der Waals surface area contributed by atoms with Gasteiger partial charge in [-0.1, -0.05) is 12.1 Å². The van der Waals surface area contributed by atoms with Gasteiger partial charge in [-0.25, -0.2) is 9.18 Å². The molecule has 1 aromatic carbocycles. The molecule has 2 aliphatic carbocycles. The molecule has 6 N–H and O–H groups in total. The number of aliphatic hydroxyl groups is 3. The third kappa shape index (κ3) is 9.15. The molecule has 3 aliphatic rings. The van der Waals surface area contributed by atoms with Crippen LogP contribution in [-0.2, 0) is 31.3 Å². The van der Waals surface area contributed by atoms with Crippen LogP contribution in [0, 0.1) is 17.7 Å². The number of thiophene rings is 2. The topological polar surface area (TPSA) is 170 Å². The first-order valence-corrected chi connectivity index (χ1v) is 20.5. The first kappa shape index (κ1) is 40.2. The van der Waals surface area contributed by atoms with Gasteiger partial charge in [0.25, 0.3) is 0 Å². The van der Waals surface area contributed by atoms with Crippen molar-refractivity contribution in [3.63, 3.8) is 0 Å². The Morgan fingerprint density at radius 1 is 1.07 bits per heavy atom. The smallest absolute Gasteiger partial charge is 0.349 e. The number of piperidine rings is 1. The Labute approximate surface area is 323 Å². The van der Waals surface area contributed by atoms with Gasteiger partial charge in [0, 0.05) is 50.1 Å². The van der Waals surface area contributed by atoms with Crippen LogP contribution in [0.2, 0.25) is 0 Å². The first-order chi connectivity index (χ1) is 26.0. The zero-order valence-electron chi connectivity index (χ0n) is 30.7. The lowest BCUT2D eigenvalue weighted by molar-refractivity contribution is -0.169. The third-order valence-electron chi connectivity index (χ3n) is 11.3. The highest BCUT2D eigenvalue weighted by Crippen LogP contribution is 2.39. The summed E-state index contributed by atoms with van der Waals surface area (Å²) < 4.78 is 26.6. The van der Waals surface area contributed by atoms with Gasteiger partial charge < -0.3 is 45.6 Å². The van der Waals surface area contributed by atoms with Crippen molar-refractivity contribution in [2.24, 2.45) is 11.8 Å². The van der Waals surface area contributed by atoms with Gasteiger partial charge in [-0.15, -0.1) is 22.7 Å². The molecular formula is C39H51FN4O8S2. The number of nitrogens with zero attached hydrogens (tertiary/aromatic N) is 1. The number of anilines is 1. The number of esters is 1. The second-order valence-corrected chi connectivity index (χ2v) is 16.6. The molecule has 294 valence electrons. The highest BCUT2D eigenvalue weighted by Gasteiger charge is 2.46. The number of amides is 2. The lowest BCUT2D eigenvalue weighted by Gasteiger charge is -2.45. The van der Waals surface area contributed by atoms with E-state index in [1.807, 2.05) is 17.8 Å². The maximum atomic E-state index is 15.2. The Morgan fingerprint density at radius 3 is 2.43 bits per heavy atom. The fraction of sp³-hybridized carbons (Fsp3) is 0.564. The summed E-state index contributed by atoms with van der Waals surface area (Å²) in [6, 6.07) is 9.68. The van der Waals surface area contributed by atoms with Crippen LogP contribution in [0.1, 0.15) is 73.1 Å². The summed E-state index contributed by atoms with van der Waals surface area (Å²) in [5.41, 5.74) is -1.29. The monoisotopic (exact) mass is 786 g/mol. The molecule has 0 radical (unpaired) electrons. The van der Waals surface area contributed by atoms with Crippen LogP contribution in [-0.4, -0.2) is 95.6 Å². The van der Waals surface area contributed by atoms with Gasteiger partial charge in [-0.2, -0.15) is 0 Å². The van der Waals surface area contributed by atoms with Crippen LogP contribution < -0.4 is 20.7 Å². The number of carbonyl (C=O) groups is 3. The van der Waals surface area contributed by atoms with Gasteiger partial charge in [0.15, 0.2) is 0 Å². The summed E-state index contributed by atoms with van der Waals surface area (Å²) in [5.74, 6) is -1.37. The van der Waals surface area contributed by atoms with Crippen LogP contribution in [0.25, 0.3) is 0 Å². The molecular weight excluding hydrogens is 736 g/mol. The quantitative estimate of drug-likeness (QED) is 0.123. The molecule has 1 aliphatic heterocycles. The van der Waals surface area contributed by atoms with E-state index < -0.39 is 29.6 Å². The largest absolute Gasteiger partial charge is 0.496 e. The molecule has 2 saturated carbocycles. The number of methoxy groups -OCH3 is 1. The van der Waals surface area contributed by atoms with Crippen molar-refractivity contribution in [1.82, 2.24) is 15.5 Å². The van der Waals surface area contributed by atoms with E-state index in [0.717, 1.165) is 12.8 Å². The number of nitrogens with one attached hydrogen (secondary N) is 3. The van der Waals surface area contributed by atoms with Crippen molar-refractivity contribution >= 4 is 46.1 Å². The van der Waals surface area contributed by atoms with Crippen LogP contribution in [0.4, 0.5) is 10.1 Å². The lowest BCUT2D eigenvalue weighted by Crippen LogP contribution is -2.58. The van der Waals surface area contributed by atoms with E-state index in [4.69, 9.17) is 9.47 Å². The van der Waals surface area contributed by atoms with Gasteiger partial charge in [-0.05, 0) is 92.8 Å². The molecule has 3 aromatic rings. The third-order valence-corrected chi connectivity index (χ3v) is 13.3. The number of rotatable bonds is 15. The van der Waals surface area contributed by atoms with Crippen molar-refractivity contribution < 1.29 is 43.6 Å². The minimum absolute atomic E-state index is 0.00733. The molecule has 0 spiro atoms. The molecule has 5 atom stereocenters. The van der Waals surface area contributed by atoms with Crippen LogP contribution >= 0.6 is 22.7 Å². The van der Waals surface area contributed by atoms with Gasteiger partial charge in [-0.3, -0.25) is 9.59 Å². The van der Waals surface area contributed by atoms with Crippen LogP contribution in [0.3, 0.4) is 0 Å². The van der Waals surface area contributed by atoms with E-state index in [1.54, 1.807) is 24.3 Å². The minimum Gasteiger partial charge on any atom is -0.496 e. The molecule has 15 heteroatoms. The van der Waals surface area contributed by atoms with Gasteiger partial charge >= 0.3 is 5.97 Å². The van der Waals surface area contributed by atoms with E-state index in [2.05, 4.69) is 20.9 Å². The molecule has 4 unspecified atom stereocenters. The Morgan fingerprint density at radius 2 is 1.78 bits per heavy atom. The summed E-state index contributed by atoms with van der Waals surface area (Å²) in [6.07, 6.45) is 3.45. The minimum atomic E-state index is -1.84. The molecule has 0 bridgehead atoms. The maximum Gasteiger partial charge on any atom is 0.349 e. The number of hydrogen-bond donors (Lipinski definition) is 6. The Bertz CT molecular complexity index is 1680. The number of hydrogen-bond acceptors (Lipinski definition) is 12. The lowest BCUT2D eigenvalue weighted by atomic mass is 9.68. The fourth-order valence-corrected chi connectivity index (χ4v) is 9.98. The zero-order valence-corrected chi connectivity index (χ0v) is 32.3. The summed E-state index contributed by atoms with van der Waals surface area (Å²) in [7, 11) is 3.42. The molecule has 1 saturated heterocycles. The highest BCUT2D eigenvalue weighted by atomic mass is 32.1. The van der Waals surface area contributed by atoms with E-state index in [1.165, 1.54) is 41.9 Å². The number of fused-ring (bicyclic) bond motifs is 1. The Kier molecular flexibility index (Phi) is 13.4. The molecule has 2 aromatic heterocycles. The highest BCUT2D eigenvalue weighted by molar-refractivity contribution is 7.12. The van der Waals surface area contributed by atoms with E-state index in [0.29, 0.717) is 66.1 Å². The maximum absolute atomic E-state index is 15.2. The predicted octanol–water partition coefficient (Wildman–Crippen LogP) is 4.12. The summed E-state index contributed by atoms with van der Waals surface area (Å²) >= 11 is 2.62. The first-order valence-electron chi connectivity index (χ1n) is 18.7. The second-order valence-electron chi connectivity index (χ2n) is 14.7. The summed E-state index contributed by atoms with van der Waals surface area (Å²) in [5, 5.41) is 45.4. The average molecular weight is 787 g/mol.